The zero-order valence-electron chi connectivity index (χ0n) is 25.2. The molecule has 0 aliphatic rings. The SMILES string of the molecule is COc1cccc(CN(C(=O)CCCN(c2ccccc2C)S(C)(=O)=O)[C@@H](Cc2ccccc2)C(=O)NCC(C)C)c1. The molecule has 42 heavy (non-hydrogen) atoms. The summed E-state index contributed by atoms with van der Waals surface area (Å²) in [4.78, 5) is 29.2. The van der Waals surface area contributed by atoms with Gasteiger partial charge in [0, 0.05) is 32.5 Å². The molecule has 3 aromatic carbocycles. The second-order valence-electron chi connectivity index (χ2n) is 10.9. The van der Waals surface area contributed by atoms with Crippen molar-refractivity contribution < 1.29 is 22.7 Å². The molecule has 0 radical (unpaired) electrons. The van der Waals surface area contributed by atoms with Crippen molar-refractivity contribution in [3.05, 3.63) is 95.6 Å². The highest BCUT2D eigenvalue weighted by Crippen LogP contribution is 2.24. The van der Waals surface area contributed by atoms with Crippen molar-refractivity contribution in [2.24, 2.45) is 5.92 Å². The summed E-state index contributed by atoms with van der Waals surface area (Å²) >= 11 is 0. The highest BCUT2D eigenvalue weighted by Gasteiger charge is 2.30. The van der Waals surface area contributed by atoms with Crippen molar-refractivity contribution in [3.63, 3.8) is 0 Å². The standard InChI is InChI=1S/C33H43N3O5S/c1-25(2)23-34-33(38)31(22-27-14-7-6-8-15-27)35(24-28-16-11-17-29(21-28)41-4)32(37)19-12-20-36(42(5,39)40)30-18-10-9-13-26(30)3/h6-11,13-18,21,25,31H,12,19-20,22-24H2,1-5H3,(H,34,38)/t31-/m0/s1. The molecule has 0 saturated heterocycles. The Balaban J connectivity index is 1.90. The van der Waals surface area contributed by atoms with Crippen LogP contribution in [-0.4, -0.2) is 57.6 Å². The van der Waals surface area contributed by atoms with Gasteiger partial charge in [0.05, 0.1) is 19.1 Å². The summed E-state index contributed by atoms with van der Waals surface area (Å²) in [6.07, 6.45) is 1.88. The Labute approximate surface area is 250 Å². The smallest absolute Gasteiger partial charge is 0.243 e. The van der Waals surface area contributed by atoms with Crippen LogP contribution in [0.2, 0.25) is 0 Å². The highest BCUT2D eigenvalue weighted by molar-refractivity contribution is 7.92. The molecule has 0 fully saturated rings. The first-order valence-corrected chi connectivity index (χ1v) is 16.1. The molecule has 0 aliphatic carbocycles. The second kappa shape index (κ2) is 15.4. The highest BCUT2D eigenvalue weighted by atomic mass is 32.2. The van der Waals surface area contributed by atoms with E-state index in [1.807, 2.05) is 87.5 Å². The number of carbonyl (C=O) groups is 2. The predicted molar refractivity (Wildman–Crippen MR) is 168 cm³/mol. The summed E-state index contributed by atoms with van der Waals surface area (Å²) in [7, 11) is -1.99. The van der Waals surface area contributed by atoms with Gasteiger partial charge in [-0.3, -0.25) is 13.9 Å². The number of anilines is 1. The van der Waals surface area contributed by atoms with Gasteiger partial charge in [0.2, 0.25) is 21.8 Å². The molecule has 3 aromatic rings. The van der Waals surface area contributed by atoms with Crippen LogP contribution >= 0.6 is 0 Å². The van der Waals surface area contributed by atoms with Gasteiger partial charge in [0.15, 0.2) is 0 Å². The van der Waals surface area contributed by atoms with Gasteiger partial charge in [-0.25, -0.2) is 8.42 Å². The molecule has 0 unspecified atom stereocenters. The second-order valence-corrected chi connectivity index (χ2v) is 12.8. The van der Waals surface area contributed by atoms with Crippen molar-refractivity contribution in [3.8, 4) is 5.75 Å². The van der Waals surface area contributed by atoms with Crippen LogP contribution < -0.4 is 14.4 Å². The van der Waals surface area contributed by atoms with E-state index in [-0.39, 0.29) is 37.2 Å². The summed E-state index contributed by atoms with van der Waals surface area (Å²) in [5.74, 6) is 0.459. The summed E-state index contributed by atoms with van der Waals surface area (Å²) in [5, 5.41) is 3.02. The molecule has 226 valence electrons. The molecular formula is C33H43N3O5S. The van der Waals surface area contributed by atoms with Crippen LogP contribution in [0.1, 0.15) is 43.4 Å². The quantitative estimate of drug-likeness (QED) is 0.269. The van der Waals surface area contributed by atoms with Crippen LogP contribution in [0.3, 0.4) is 0 Å². The summed E-state index contributed by atoms with van der Waals surface area (Å²) in [5.41, 5.74) is 3.19. The van der Waals surface area contributed by atoms with E-state index in [0.29, 0.717) is 30.8 Å². The lowest BCUT2D eigenvalue weighted by Gasteiger charge is -2.32. The minimum absolute atomic E-state index is 0.0740. The Morgan fingerprint density at radius 1 is 0.929 bits per heavy atom. The minimum Gasteiger partial charge on any atom is -0.497 e. The topological polar surface area (TPSA) is 96.0 Å². The zero-order chi connectivity index (χ0) is 30.7. The number of ether oxygens (including phenoxy) is 1. The number of hydrogen-bond donors (Lipinski definition) is 1. The summed E-state index contributed by atoms with van der Waals surface area (Å²) in [6.45, 7) is 6.74. The molecule has 0 aromatic heterocycles. The van der Waals surface area contributed by atoms with Crippen molar-refractivity contribution in [1.29, 1.82) is 0 Å². The number of rotatable bonds is 15. The third kappa shape index (κ3) is 9.62. The minimum atomic E-state index is -3.57. The van der Waals surface area contributed by atoms with Gasteiger partial charge in [0.25, 0.3) is 0 Å². The lowest BCUT2D eigenvalue weighted by Crippen LogP contribution is -2.51. The van der Waals surface area contributed by atoms with E-state index in [0.717, 1.165) is 16.7 Å². The number of sulfonamides is 1. The molecule has 0 aliphatic heterocycles. The zero-order valence-corrected chi connectivity index (χ0v) is 26.1. The van der Waals surface area contributed by atoms with Crippen LogP contribution in [0.25, 0.3) is 0 Å². The number of nitrogens with zero attached hydrogens (tertiary/aromatic N) is 2. The molecular weight excluding hydrogens is 550 g/mol. The van der Waals surface area contributed by atoms with E-state index < -0.39 is 16.1 Å². The molecule has 2 amide bonds. The van der Waals surface area contributed by atoms with Crippen LogP contribution in [0.15, 0.2) is 78.9 Å². The van der Waals surface area contributed by atoms with Crippen LogP contribution in [-0.2, 0) is 32.6 Å². The Bertz CT molecular complexity index is 1430. The molecule has 1 N–H and O–H groups in total. The maximum atomic E-state index is 14.0. The fraction of sp³-hybridized carbons (Fsp3) is 0.394. The lowest BCUT2D eigenvalue weighted by molar-refractivity contribution is -0.141. The number of para-hydroxylation sites is 1. The number of nitrogens with one attached hydrogen (secondary N) is 1. The van der Waals surface area contributed by atoms with Crippen molar-refractivity contribution >= 4 is 27.5 Å². The van der Waals surface area contributed by atoms with Gasteiger partial charge in [-0.2, -0.15) is 0 Å². The molecule has 0 heterocycles. The third-order valence-electron chi connectivity index (χ3n) is 6.98. The first-order chi connectivity index (χ1) is 20.0. The van der Waals surface area contributed by atoms with E-state index in [2.05, 4.69) is 5.32 Å². The van der Waals surface area contributed by atoms with Gasteiger partial charge in [-0.05, 0) is 54.2 Å². The Hall–Kier alpha value is -3.85. The lowest BCUT2D eigenvalue weighted by atomic mass is 10.0. The number of methoxy groups -OCH3 is 1. The Morgan fingerprint density at radius 3 is 2.24 bits per heavy atom. The normalized spacial score (nSPS) is 12.0. The summed E-state index contributed by atoms with van der Waals surface area (Å²) in [6, 6.07) is 23.6. The van der Waals surface area contributed by atoms with E-state index in [1.165, 1.54) is 10.6 Å². The summed E-state index contributed by atoms with van der Waals surface area (Å²) < 4.78 is 32.1. The van der Waals surface area contributed by atoms with Gasteiger partial charge in [-0.15, -0.1) is 0 Å². The van der Waals surface area contributed by atoms with E-state index >= 15 is 0 Å². The fourth-order valence-electron chi connectivity index (χ4n) is 4.77. The third-order valence-corrected chi connectivity index (χ3v) is 8.16. The Kier molecular flexibility index (Phi) is 12.0. The van der Waals surface area contributed by atoms with Crippen LogP contribution in [0.4, 0.5) is 5.69 Å². The maximum Gasteiger partial charge on any atom is 0.243 e. The average molecular weight is 594 g/mol. The predicted octanol–water partition coefficient (Wildman–Crippen LogP) is 4.96. The van der Waals surface area contributed by atoms with E-state index in [9.17, 15) is 18.0 Å². The van der Waals surface area contributed by atoms with Gasteiger partial charge in [0.1, 0.15) is 11.8 Å². The number of carbonyl (C=O) groups excluding carboxylic acids is 2. The van der Waals surface area contributed by atoms with Gasteiger partial charge in [-0.1, -0.05) is 74.5 Å². The average Bonchev–Trinajstić information content (AvgIpc) is 2.96. The Morgan fingerprint density at radius 2 is 1.60 bits per heavy atom. The van der Waals surface area contributed by atoms with Crippen LogP contribution in [0.5, 0.6) is 5.75 Å². The van der Waals surface area contributed by atoms with Crippen LogP contribution in [0, 0.1) is 12.8 Å². The van der Waals surface area contributed by atoms with Crippen molar-refractivity contribution in [2.75, 3.05) is 30.8 Å². The first-order valence-electron chi connectivity index (χ1n) is 14.3. The molecule has 0 spiro atoms. The van der Waals surface area contributed by atoms with Gasteiger partial charge >= 0.3 is 0 Å². The molecule has 0 saturated carbocycles. The molecule has 8 nitrogen and oxygen atoms in total. The molecule has 3 rings (SSSR count). The number of hydrogen-bond acceptors (Lipinski definition) is 5. The molecule has 0 bridgehead atoms. The number of aryl methyl sites for hydroxylation is 1. The molecule has 1 atom stereocenters. The number of amides is 2. The maximum absolute atomic E-state index is 14.0. The fourth-order valence-corrected chi connectivity index (χ4v) is 5.79. The van der Waals surface area contributed by atoms with E-state index in [4.69, 9.17) is 4.74 Å². The largest absolute Gasteiger partial charge is 0.497 e. The van der Waals surface area contributed by atoms with Crippen molar-refractivity contribution in [1.82, 2.24) is 10.2 Å². The van der Waals surface area contributed by atoms with Crippen molar-refractivity contribution in [2.45, 2.75) is 52.6 Å². The first kappa shape index (κ1) is 32.7. The monoisotopic (exact) mass is 593 g/mol. The molecule has 9 heteroatoms. The van der Waals surface area contributed by atoms with Gasteiger partial charge < -0.3 is 15.0 Å². The number of benzene rings is 3. The van der Waals surface area contributed by atoms with E-state index in [1.54, 1.807) is 24.1 Å².